The van der Waals surface area contributed by atoms with E-state index in [4.69, 9.17) is 11.6 Å². The maximum atomic E-state index is 6.32. The van der Waals surface area contributed by atoms with Crippen LogP contribution in [0.4, 0.5) is 0 Å². The minimum absolute atomic E-state index is 0.843. The summed E-state index contributed by atoms with van der Waals surface area (Å²) in [6.45, 7) is 7.05. The third-order valence-electron chi connectivity index (χ3n) is 3.12. The Balaban J connectivity index is 2.01. The minimum Gasteiger partial charge on any atom is -0.311 e. The third-order valence-corrected chi connectivity index (χ3v) is 3.55. The van der Waals surface area contributed by atoms with Crippen molar-refractivity contribution in [1.29, 1.82) is 0 Å². The fourth-order valence-electron chi connectivity index (χ4n) is 1.90. The highest BCUT2D eigenvalue weighted by Gasteiger charge is 2.21. The summed E-state index contributed by atoms with van der Waals surface area (Å²) in [5, 5.41) is 8.83. The van der Waals surface area contributed by atoms with Crippen LogP contribution in [0.5, 0.6) is 0 Å². The average molecular weight is 242 g/mol. The van der Waals surface area contributed by atoms with Crippen LogP contribution in [-0.2, 0) is 19.5 Å². The zero-order chi connectivity index (χ0) is 11.5. The maximum absolute atomic E-state index is 6.32. The molecular formula is C12H20ClN3. The number of nitrogens with one attached hydrogen (secondary N) is 1. The Kier molecular flexibility index (Phi) is 3.87. The van der Waals surface area contributed by atoms with Crippen molar-refractivity contribution in [2.24, 2.45) is 5.92 Å². The number of aryl methyl sites for hydroxylation is 2. The van der Waals surface area contributed by atoms with Gasteiger partial charge in [-0.3, -0.25) is 4.68 Å². The van der Waals surface area contributed by atoms with Crippen LogP contribution >= 0.6 is 11.6 Å². The lowest BCUT2D eigenvalue weighted by Gasteiger charge is -2.06. The fraction of sp³-hybridized carbons (Fsp3) is 0.750. The largest absolute Gasteiger partial charge is 0.311 e. The molecular weight excluding hydrogens is 222 g/mol. The molecule has 1 heterocycles. The predicted molar refractivity (Wildman–Crippen MR) is 66.7 cm³/mol. The Morgan fingerprint density at radius 3 is 2.75 bits per heavy atom. The fourth-order valence-corrected chi connectivity index (χ4v) is 2.24. The van der Waals surface area contributed by atoms with Gasteiger partial charge in [0, 0.05) is 13.1 Å². The van der Waals surface area contributed by atoms with E-state index in [0.29, 0.717) is 0 Å². The summed E-state index contributed by atoms with van der Waals surface area (Å²) in [7, 11) is 0. The number of aromatic nitrogens is 2. The second-order valence-electron chi connectivity index (χ2n) is 4.45. The Morgan fingerprint density at radius 1 is 1.44 bits per heavy atom. The molecule has 0 aliphatic heterocycles. The van der Waals surface area contributed by atoms with E-state index in [9.17, 15) is 0 Å². The Bertz CT molecular complexity index is 355. The van der Waals surface area contributed by atoms with Crippen molar-refractivity contribution in [1.82, 2.24) is 15.1 Å². The molecule has 1 aromatic heterocycles. The number of hydrogen-bond acceptors (Lipinski definition) is 2. The molecule has 1 aliphatic rings. The molecule has 1 saturated carbocycles. The van der Waals surface area contributed by atoms with E-state index < -0.39 is 0 Å². The van der Waals surface area contributed by atoms with Gasteiger partial charge in [-0.25, -0.2) is 0 Å². The third kappa shape index (κ3) is 2.58. The van der Waals surface area contributed by atoms with Crippen molar-refractivity contribution in [2.45, 2.75) is 46.2 Å². The number of halogens is 1. The van der Waals surface area contributed by atoms with Crippen LogP contribution in [0.1, 0.15) is 38.1 Å². The van der Waals surface area contributed by atoms with Crippen molar-refractivity contribution >= 4 is 11.6 Å². The van der Waals surface area contributed by atoms with Crippen molar-refractivity contribution in [2.75, 3.05) is 6.54 Å². The van der Waals surface area contributed by atoms with E-state index in [2.05, 4.69) is 24.3 Å². The van der Waals surface area contributed by atoms with E-state index >= 15 is 0 Å². The van der Waals surface area contributed by atoms with Gasteiger partial charge in [0.15, 0.2) is 0 Å². The molecule has 0 unspecified atom stereocenters. The summed E-state index contributed by atoms with van der Waals surface area (Å²) in [5.41, 5.74) is 2.16. The van der Waals surface area contributed by atoms with Crippen molar-refractivity contribution in [3.05, 3.63) is 16.4 Å². The summed E-state index contributed by atoms with van der Waals surface area (Å²) in [6, 6.07) is 0. The van der Waals surface area contributed by atoms with Gasteiger partial charge in [0.05, 0.1) is 16.4 Å². The van der Waals surface area contributed by atoms with Gasteiger partial charge in [-0.15, -0.1) is 0 Å². The SMILES string of the molecule is CCc1nn(CC)c(CNCC2CC2)c1Cl. The Morgan fingerprint density at radius 2 is 2.19 bits per heavy atom. The summed E-state index contributed by atoms with van der Waals surface area (Å²) < 4.78 is 2.01. The van der Waals surface area contributed by atoms with Crippen LogP contribution in [0.2, 0.25) is 5.02 Å². The molecule has 0 bridgehead atoms. The smallest absolute Gasteiger partial charge is 0.0863 e. The topological polar surface area (TPSA) is 29.9 Å². The number of rotatable bonds is 6. The van der Waals surface area contributed by atoms with Crippen molar-refractivity contribution < 1.29 is 0 Å². The molecule has 0 amide bonds. The zero-order valence-corrected chi connectivity index (χ0v) is 10.8. The highest BCUT2D eigenvalue weighted by atomic mass is 35.5. The van der Waals surface area contributed by atoms with E-state index in [0.717, 1.165) is 48.4 Å². The molecule has 1 N–H and O–H groups in total. The summed E-state index contributed by atoms with van der Waals surface area (Å²) in [4.78, 5) is 0. The molecule has 1 fully saturated rings. The number of hydrogen-bond donors (Lipinski definition) is 1. The molecule has 2 rings (SSSR count). The molecule has 4 heteroatoms. The van der Waals surface area contributed by atoms with E-state index in [1.54, 1.807) is 0 Å². The molecule has 1 aromatic rings. The molecule has 1 aliphatic carbocycles. The second kappa shape index (κ2) is 5.19. The highest BCUT2D eigenvalue weighted by molar-refractivity contribution is 6.31. The van der Waals surface area contributed by atoms with Crippen LogP contribution in [-0.4, -0.2) is 16.3 Å². The average Bonchev–Trinajstić information content (AvgIpc) is 3.05. The van der Waals surface area contributed by atoms with Gasteiger partial charge in [-0.2, -0.15) is 5.10 Å². The quantitative estimate of drug-likeness (QED) is 0.830. The maximum Gasteiger partial charge on any atom is 0.0863 e. The van der Waals surface area contributed by atoms with Gasteiger partial charge in [-0.05, 0) is 38.6 Å². The Hall–Kier alpha value is -0.540. The molecule has 0 saturated heterocycles. The molecule has 90 valence electrons. The van der Waals surface area contributed by atoms with Crippen molar-refractivity contribution in [3.8, 4) is 0 Å². The zero-order valence-electron chi connectivity index (χ0n) is 10.1. The molecule has 3 nitrogen and oxygen atoms in total. The van der Waals surface area contributed by atoms with Crippen LogP contribution in [0.15, 0.2) is 0 Å². The molecule has 0 atom stereocenters. The molecule has 16 heavy (non-hydrogen) atoms. The summed E-state index contributed by atoms with van der Waals surface area (Å²) in [5.74, 6) is 0.905. The van der Waals surface area contributed by atoms with Gasteiger partial charge in [0.1, 0.15) is 0 Å². The van der Waals surface area contributed by atoms with Crippen LogP contribution < -0.4 is 5.32 Å². The first-order chi connectivity index (χ1) is 7.76. The van der Waals surface area contributed by atoms with Crippen molar-refractivity contribution in [3.63, 3.8) is 0 Å². The minimum atomic E-state index is 0.843. The van der Waals surface area contributed by atoms with Crippen LogP contribution in [0, 0.1) is 5.92 Å². The lowest BCUT2D eigenvalue weighted by atomic mass is 10.3. The van der Waals surface area contributed by atoms with Crippen LogP contribution in [0.25, 0.3) is 0 Å². The van der Waals surface area contributed by atoms with Gasteiger partial charge >= 0.3 is 0 Å². The van der Waals surface area contributed by atoms with E-state index in [1.165, 1.54) is 12.8 Å². The number of nitrogens with zero attached hydrogens (tertiary/aromatic N) is 2. The predicted octanol–water partition coefficient (Wildman–Crippen LogP) is 2.62. The molecule has 0 radical (unpaired) electrons. The van der Waals surface area contributed by atoms with Gasteiger partial charge in [0.25, 0.3) is 0 Å². The first kappa shape index (κ1) is 11.9. The second-order valence-corrected chi connectivity index (χ2v) is 4.83. The summed E-state index contributed by atoms with van der Waals surface area (Å²) in [6.07, 6.45) is 3.67. The van der Waals surface area contributed by atoms with Gasteiger partial charge in [-0.1, -0.05) is 18.5 Å². The van der Waals surface area contributed by atoms with Crippen LogP contribution in [0.3, 0.4) is 0 Å². The highest BCUT2D eigenvalue weighted by Crippen LogP contribution is 2.28. The first-order valence-electron chi connectivity index (χ1n) is 6.21. The standard InChI is InChI=1S/C12H20ClN3/c1-3-10-12(13)11(16(4-2)15-10)8-14-7-9-5-6-9/h9,14H,3-8H2,1-2H3. The summed E-state index contributed by atoms with van der Waals surface area (Å²) >= 11 is 6.32. The van der Waals surface area contributed by atoms with E-state index in [-0.39, 0.29) is 0 Å². The normalized spacial score (nSPS) is 15.7. The monoisotopic (exact) mass is 241 g/mol. The van der Waals surface area contributed by atoms with Gasteiger partial charge in [0.2, 0.25) is 0 Å². The Labute approximate surface area is 102 Å². The molecule has 0 aromatic carbocycles. The van der Waals surface area contributed by atoms with Gasteiger partial charge < -0.3 is 5.32 Å². The lowest BCUT2D eigenvalue weighted by molar-refractivity contribution is 0.565. The van der Waals surface area contributed by atoms with E-state index in [1.807, 2.05) is 4.68 Å². The lowest BCUT2D eigenvalue weighted by Crippen LogP contribution is -2.19. The first-order valence-corrected chi connectivity index (χ1v) is 6.58. The molecule has 0 spiro atoms.